The van der Waals surface area contributed by atoms with Crippen molar-refractivity contribution in [1.29, 1.82) is 0 Å². The van der Waals surface area contributed by atoms with Gasteiger partial charge in [0, 0.05) is 25.5 Å². The number of carbonyl (C=O) groups is 1. The highest BCUT2D eigenvalue weighted by Crippen LogP contribution is 2.29. The summed E-state index contributed by atoms with van der Waals surface area (Å²) in [7, 11) is -0.760. The normalized spacial score (nSPS) is 11.6. The minimum atomic E-state index is -3.68. The van der Waals surface area contributed by atoms with Gasteiger partial charge in [-0.2, -0.15) is 0 Å². The van der Waals surface area contributed by atoms with Crippen LogP contribution in [-0.4, -0.2) is 45.9 Å². The summed E-state index contributed by atoms with van der Waals surface area (Å²) in [4.78, 5) is 12.4. The summed E-state index contributed by atoms with van der Waals surface area (Å²) < 4.78 is 31.7. The summed E-state index contributed by atoms with van der Waals surface area (Å²) in [6, 6.07) is 12.5. The predicted octanol–water partition coefficient (Wildman–Crippen LogP) is 3.51. The Balaban J connectivity index is 2.12. The first-order valence-corrected chi connectivity index (χ1v) is 10.9. The van der Waals surface area contributed by atoms with Crippen LogP contribution in [0.4, 0.5) is 11.4 Å². The molecule has 7 nitrogen and oxygen atoms in total. The number of nitrogens with one attached hydrogen (secondary N) is 2. The zero-order valence-electron chi connectivity index (χ0n) is 17.5. The van der Waals surface area contributed by atoms with Crippen LogP contribution in [0.5, 0.6) is 5.75 Å². The summed E-state index contributed by atoms with van der Waals surface area (Å²) in [6.07, 6.45) is 0. The fraction of sp³-hybridized carbons (Fsp3) is 0.381. The zero-order valence-corrected chi connectivity index (χ0v) is 18.3. The third kappa shape index (κ3) is 5.95. The number of anilines is 2. The highest BCUT2D eigenvalue weighted by Gasteiger charge is 2.23. The molecule has 29 heavy (non-hydrogen) atoms. The summed E-state index contributed by atoms with van der Waals surface area (Å²) in [6.45, 7) is 6.32. The maximum Gasteiger partial charge on any atom is 0.246 e. The number of rotatable bonds is 9. The van der Waals surface area contributed by atoms with Gasteiger partial charge in [0.1, 0.15) is 10.6 Å². The van der Waals surface area contributed by atoms with Crippen LogP contribution >= 0.6 is 0 Å². The van der Waals surface area contributed by atoms with Crippen LogP contribution in [-0.2, 0) is 14.8 Å². The molecule has 8 heteroatoms. The highest BCUT2D eigenvalue weighted by molar-refractivity contribution is 7.89. The first kappa shape index (κ1) is 22.7. The van der Waals surface area contributed by atoms with Crippen molar-refractivity contribution in [2.75, 3.05) is 37.9 Å². The molecule has 0 unspecified atom stereocenters. The summed E-state index contributed by atoms with van der Waals surface area (Å²) in [5.74, 6) is 0.421. The van der Waals surface area contributed by atoms with E-state index in [0.29, 0.717) is 18.2 Å². The Labute approximate surface area is 173 Å². The van der Waals surface area contributed by atoms with E-state index in [4.69, 9.17) is 4.74 Å². The Morgan fingerprint density at radius 2 is 1.83 bits per heavy atom. The standard InChI is InChI=1S/C21H29N3O4S/c1-6-28-19-11-10-17(13-20(19)29(26,27)24(4)5)22-14-21(25)23-18-9-7-8-16(12-18)15(2)3/h7-13,15,22H,6,14H2,1-5H3,(H,23,25). The molecule has 0 spiro atoms. The fourth-order valence-corrected chi connectivity index (χ4v) is 3.70. The molecule has 0 saturated heterocycles. The molecule has 2 N–H and O–H groups in total. The lowest BCUT2D eigenvalue weighted by atomic mass is 10.0. The maximum absolute atomic E-state index is 12.6. The molecule has 1 amide bonds. The first-order chi connectivity index (χ1) is 13.6. The fourth-order valence-electron chi connectivity index (χ4n) is 2.65. The Kier molecular flexibility index (Phi) is 7.64. The van der Waals surface area contributed by atoms with E-state index in [9.17, 15) is 13.2 Å². The number of ether oxygens (including phenoxy) is 1. The maximum atomic E-state index is 12.6. The molecule has 0 aromatic heterocycles. The van der Waals surface area contributed by atoms with Gasteiger partial charge in [0.05, 0.1) is 13.2 Å². The molecule has 0 bridgehead atoms. The van der Waals surface area contributed by atoms with Gasteiger partial charge in [0.2, 0.25) is 15.9 Å². The molecule has 2 aromatic rings. The number of hydrogen-bond acceptors (Lipinski definition) is 5. The lowest BCUT2D eigenvalue weighted by Crippen LogP contribution is -2.24. The van der Waals surface area contributed by atoms with E-state index in [1.54, 1.807) is 19.1 Å². The van der Waals surface area contributed by atoms with E-state index in [1.807, 2.05) is 24.3 Å². The van der Waals surface area contributed by atoms with Crippen molar-refractivity contribution >= 4 is 27.3 Å². The van der Waals surface area contributed by atoms with Gasteiger partial charge in [-0.3, -0.25) is 4.79 Å². The summed E-state index contributed by atoms with van der Waals surface area (Å²) in [5, 5.41) is 5.82. The average Bonchev–Trinajstić information content (AvgIpc) is 2.67. The van der Waals surface area contributed by atoms with Crippen molar-refractivity contribution in [2.24, 2.45) is 0 Å². The zero-order chi connectivity index (χ0) is 21.6. The minimum absolute atomic E-state index is 0.00133. The molecular weight excluding hydrogens is 390 g/mol. The molecular formula is C21H29N3O4S. The average molecular weight is 420 g/mol. The molecule has 0 aliphatic carbocycles. The first-order valence-electron chi connectivity index (χ1n) is 9.48. The van der Waals surface area contributed by atoms with Gasteiger partial charge >= 0.3 is 0 Å². The van der Waals surface area contributed by atoms with Crippen molar-refractivity contribution in [3.05, 3.63) is 48.0 Å². The van der Waals surface area contributed by atoms with Gasteiger partial charge in [-0.15, -0.1) is 0 Å². The topological polar surface area (TPSA) is 87.7 Å². The predicted molar refractivity (Wildman–Crippen MR) is 116 cm³/mol. The van der Waals surface area contributed by atoms with Gasteiger partial charge < -0.3 is 15.4 Å². The molecule has 0 heterocycles. The SMILES string of the molecule is CCOc1ccc(NCC(=O)Nc2cccc(C(C)C)c2)cc1S(=O)(=O)N(C)C. The number of benzene rings is 2. The largest absolute Gasteiger partial charge is 0.492 e. The van der Waals surface area contributed by atoms with Crippen LogP contribution in [0.1, 0.15) is 32.3 Å². The highest BCUT2D eigenvalue weighted by atomic mass is 32.2. The van der Waals surface area contributed by atoms with Crippen molar-refractivity contribution < 1.29 is 17.9 Å². The van der Waals surface area contributed by atoms with Gasteiger partial charge in [0.25, 0.3) is 0 Å². The van der Waals surface area contributed by atoms with E-state index < -0.39 is 10.0 Å². The van der Waals surface area contributed by atoms with Crippen LogP contribution in [0, 0.1) is 0 Å². The molecule has 0 atom stereocenters. The molecule has 2 aromatic carbocycles. The van der Waals surface area contributed by atoms with Crippen LogP contribution in [0.2, 0.25) is 0 Å². The molecule has 0 saturated carbocycles. The summed E-state index contributed by atoms with van der Waals surface area (Å²) >= 11 is 0. The van der Waals surface area contributed by atoms with E-state index in [-0.39, 0.29) is 23.1 Å². The van der Waals surface area contributed by atoms with Gasteiger partial charge in [-0.1, -0.05) is 26.0 Å². The Bertz CT molecular complexity index is 956. The second kappa shape index (κ2) is 9.76. The quantitative estimate of drug-likeness (QED) is 0.649. The van der Waals surface area contributed by atoms with Crippen LogP contribution in [0.3, 0.4) is 0 Å². The molecule has 2 rings (SSSR count). The van der Waals surface area contributed by atoms with Crippen molar-refractivity contribution in [1.82, 2.24) is 4.31 Å². The van der Waals surface area contributed by atoms with Crippen LogP contribution in [0.25, 0.3) is 0 Å². The molecule has 0 radical (unpaired) electrons. The van der Waals surface area contributed by atoms with E-state index >= 15 is 0 Å². The molecule has 158 valence electrons. The second-order valence-electron chi connectivity index (χ2n) is 7.06. The van der Waals surface area contributed by atoms with E-state index in [1.165, 1.54) is 20.2 Å². The molecule has 0 fully saturated rings. The number of nitrogens with zero attached hydrogens (tertiary/aromatic N) is 1. The molecule has 0 aliphatic rings. The van der Waals surface area contributed by atoms with Gasteiger partial charge in [-0.25, -0.2) is 12.7 Å². The molecule has 0 aliphatic heterocycles. The van der Waals surface area contributed by atoms with Gasteiger partial charge in [0.15, 0.2) is 0 Å². The van der Waals surface area contributed by atoms with Crippen molar-refractivity contribution in [2.45, 2.75) is 31.6 Å². The minimum Gasteiger partial charge on any atom is -0.492 e. The summed E-state index contributed by atoms with van der Waals surface area (Å²) in [5.41, 5.74) is 2.38. The Morgan fingerprint density at radius 1 is 1.10 bits per heavy atom. The third-order valence-electron chi connectivity index (χ3n) is 4.29. The number of hydrogen-bond donors (Lipinski definition) is 2. The smallest absolute Gasteiger partial charge is 0.246 e. The van der Waals surface area contributed by atoms with Crippen molar-refractivity contribution in [3.8, 4) is 5.75 Å². The Morgan fingerprint density at radius 3 is 2.45 bits per heavy atom. The number of carbonyl (C=O) groups excluding carboxylic acids is 1. The lowest BCUT2D eigenvalue weighted by molar-refractivity contribution is -0.114. The van der Waals surface area contributed by atoms with Crippen LogP contribution < -0.4 is 15.4 Å². The van der Waals surface area contributed by atoms with Crippen LogP contribution in [0.15, 0.2) is 47.4 Å². The monoisotopic (exact) mass is 419 g/mol. The lowest BCUT2D eigenvalue weighted by Gasteiger charge is -2.17. The number of amides is 1. The third-order valence-corrected chi connectivity index (χ3v) is 6.13. The second-order valence-corrected chi connectivity index (χ2v) is 9.18. The van der Waals surface area contributed by atoms with E-state index in [2.05, 4.69) is 24.5 Å². The van der Waals surface area contributed by atoms with Crippen molar-refractivity contribution in [3.63, 3.8) is 0 Å². The number of sulfonamides is 1. The van der Waals surface area contributed by atoms with Gasteiger partial charge in [-0.05, 0) is 48.7 Å². The Hall–Kier alpha value is -2.58. The van der Waals surface area contributed by atoms with E-state index in [0.717, 1.165) is 15.6 Å².